The highest BCUT2D eigenvalue weighted by molar-refractivity contribution is 7.98. The van der Waals surface area contributed by atoms with Gasteiger partial charge < -0.3 is 10.1 Å². The van der Waals surface area contributed by atoms with Crippen LogP contribution in [0.3, 0.4) is 0 Å². The summed E-state index contributed by atoms with van der Waals surface area (Å²) in [5, 5.41) is 3.33. The summed E-state index contributed by atoms with van der Waals surface area (Å²) in [6.45, 7) is 2.00. The highest BCUT2D eigenvalue weighted by Crippen LogP contribution is 2.29. The lowest BCUT2D eigenvalue weighted by Crippen LogP contribution is -2.26. The second-order valence-corrected chi connectivity index (χ2v) is 6.36. The van der Waals surface area contributed by atoms with Crippen LogP contribution in [0.4, 0.5) is 5.82 Å². The summed E-state index contributed by atoms with van der Waals surface area (Å²) in [5.41, 5.74) is 1.72. The first kappa shape index (κ1) is 17.0. The fraction of sp³-hybridized carbons (Fsp3) is 0.412. The molecule has 1 aromatic carbocycles. The van der Waals surface area contributed by atoms with Gasteiger partial charge in [0.05, 0.1) is 26.5 Å². The van der Waals surface area contributed by atoms with E-state index in [9.17, 15) is 0 Å². The Hall–Kier alpha value is -1.83. The number of nitrogens with zero attached hydrogens (tertiary/aromatic N) is 2. The number of rotatable bonds is 6. The largest absolute Gasteiger partial charge is 0.479 e. The number of thioether (sulfide) groups is 1. The second-order valence-electron chi connectivity index (χ2n) is 5.48. The first-order valence-corrected chi connectivity index (χ1v) is 9.06. The van der Waals surface area contributed by atoms with E-state index in [0.29, 0.717) is 25.0 Å². The third-order valence-corrected chi connectivity index (χ3v) is 4.61. The zero-order chi connectivity index (χ0) is 16.8. The molecule has 0 bridgehead atoms. The predicted octanol–water partition coefficient (Wildman–Crippen LogP) is 3.25. The summed E-state index contributed by atoms with van der Waals surface area (Å²) in [5.74, 6) is 1.66. The SMILES string of the molecule is COc1ncc(NCC2CCOOC2)nc1-c1ccc(SC)cc1. The van der Waals surface area contributed by atoms with Crippen molar-refractivity contribution < 1.29 is 14.5 Å². The summed E-state index contributed by atoms with van der Waals surface area (Å²) in [4.78, 5) is 20.2. The molecule has 6 nitrogen and oxygen atoms in total. The van der Waals surface area contributed by atoms with Gasteiger partial charge in [0.2, 0.25) is 5.88 Å². The molecule has 1 N–H and O–H groups in total. The van der Waals surface area contributed by atoms with Gasteiger partial charge in [0.1, 0.15) is 11.5 Å². The number of methoxy groups -OCH3 is 1. The van der Waals surface area contributed by atoms with Crippen LogP contribution in [0, 0.1) is 5.92 Å². The summed E-state index contributed by atoms with van der Waals surface area (Å²) < 4.78 is 5.36. The van der Waals surface area contributed by atoms with Crippen LogP contribution in [-0.2, 0) is 9.78 Å². The first-order valence-electron chi connectivity index (χ1n) is 7.84. The van der Waals surface area contributed by atoms with Crippen LogP contribution < -0.4 is 10.1 Å². The van der Waals surface area contributed by atoms with E-state index >= 15 is 0 Å². The molecule has 0 radical (unpaired) electrons. The molecular weight excluding hydrogens is 326 g/mol. The molecule has 1 aromatic heterocycles. The zero-order valence-electron chi connectivity index (χ0n) is 13.8. The summed E-state index contributed by atoms with van der Waals surface area (Å²) in [7, 11) is 1.61. The van der Waals surface area contributed by atoms with E-state index in [-0.39, 0.29) is 0 Å². The van der Waals surface area contributed by atoms with E-state index in [1.807, 2.05) is 12.1 Å². The fourth-order valence-electron chi connectivity index (χ4n) is 2.46. The molecule has 0 spiro atoms. The van der Waals surface area contributed by atoms with Crippen molar-refractivity contribution in [3.63, 3.8) is 0 Å². The Kier molecular flexibility index (Phi) is 5.90. The minimum Gasteiger partial charge on any atom is -0.479 e. The molecule has 1 aliphatic heterocycles. The first-order chi connectivity index (χ1) is 11.8. The average Bonchev–Trinajstić information content (AvgIpc) is 2.67. The molecule has 0 amide bonds. The van der Waals surface area contributed by atoms with E-state index in [4.69, 9.17) is 14.5 Å². The molecule has 0 aliphatic carbocycles. The van der Waals surface area contributed by atoms with Gasteiger partial charge in [0.15, 0.2) is 0 Å². The average molecular weight is 347 g/mol. The highest BCUT2D eigenvalue weighted by Gasteiger charge is 2.16. The van der Waals surface area contributed by atoms with Crippen LogP contribution in [0.5, 0.6) is 5.88 Å². The highest BCUT2D eigenvalue weighted by atomic mass is 32.2. The van der Waals surface area contributed by atoms with Crippen LogP contribution in [0.2, 0.25) is 0 Å². The van der Waals surface area contributed by atoms with E-state index in [1.165, 1.54) is 4.90 Å². The molecular formula is C17H21N3O3S. The molecule has 128 valence electrons. The number of aromatic nitrogens is 2. The molecule has 1 fully saturated rings. The molecule has 1 saturated heterocycles. The predicted molar refractivity (Wildman–Crippen MR) is 94.3 cm³/mol. The Morgan fingerprint density at radius 2 is 2.12 bits per heavy atom. The van der Waals surface area contributed by atoms with Crippen LogP contribution in [0.15, 0.2) is 35.4 Å². The second kappa shape index (κ2) is 8.32. The van der Waals surface area contributed by atoms with Crippen LogP contribution in [0.25, 0.3) is 11.3 Å². The molecule has 3 rings (SSSR count). The molecule has 24 heavy (non-hydrogen) atoms. The third kappa shape index (κ3) is 4.17. The lowest BCUT2D eigenvalue weighted by Gasteiger charge is -2.21. The standard InChI is InChI=1S/C17H21N3O3S/c1-21-17-16(13-3-5-14(24-2)6-4-13)20-15(10-19-17)18-9-12-7-8-22-23-11-12/h3-6,10,12H,7-9,11H2,1-2H3,(H,18,20). The van der Waals surface area contributed by atoms with E-state index in [1.54, 1.807) is 25.1 Å². The number of hydrogen-bond acceptors (Lipinski definition) is 7. The molecule has 0 saturated carbocycles. The number of benzene rings is 1. The maximum atomic E-state index is 5.36. The lowest BCUT2D eigenvalue weighted by atomic mass is 10.1. The zero-order valence-corrected chi connectivity index (χ0v) is 14.6. The van der Waals surface area contributed by atoms with Crippen molar-refractivity contribution in [3.05, 3.63) is 30.5 Å². The van der Waals surface area contributed by atoms with Gasteiger partial charge in [0.25, 0.3) is 0 Å². The Morgan fingerprint density at radius 3 is 2.79 bits per heavy atom. The Balaban J connectivity index is 1.76. The Bertz CT molecular complexity index is 661. The summed E-state index contributed by atoms with van der Waals surface area (Å²) in [6.07, 6.45) is 4.72. The van der Waals surface area contributed by atoms with Crippen molar-refractivity contribution in [3.8, 4) is 17.1 Å². The quantitative estimate of drug-likeness (QED) is 0.635. The van der Waals surface area contributed by atoms with Gasteiger partial charge in [-0.1, -0.05) is 12.1 Å². The van der Waals surface area contributed by atoms with Gasteiger partial charge in [0, 0.05) is 22.9 Å². The minimum absolute atomic E-state index is 0.409. The monoisotopic (exact) mass is 347 g/mol. The van der Waals surface area contributed by atoms with Crippen LogP contribution in [0.1, 0.15) is 6.42 Å². The molecule has 1 unspecified atom stereocenters. The molecule has 7 heteroatoms. The van der Waals surface area contributed by atoms with E-state index in [2.05, 4.69) is 33.7 Å². The maximum Gasteiger partial charge on any atom is 0.240 e. The molecule has 2 heterocycles. The number of anilines is 1. The van der Waals surface area contributed by atoms with Crippen molar-refractivity contribution in [2.75, 3.05) is 38.4 Å². The Labute approximate surface area is 145 Å². The Morgan fingerprint density at radius 1 is 1.29 bits per heavy atom. The number of ether oxygens (including phenoxy) is 1. The van der Waals surface area contributed by atoms with Crippen molar-refractivity contribution in [1.82, 2.24) is 9.97 Å². The van der Waals surface area contributed by atoms with Gasteiger partial charge in [-0.05, 0) is 24.8 Å². The molecule has 1 aliphatic rings. The molecule has 2 aromatic rings. The number of nitrogens with one attached hydrogen (secondary N) is 1. The van der Waals surface area contributed by atoms with Gasteiger partial charge in [-0.3, -0.25) is 0 Å². The van der Waals surface area contributed by atoms with Crippen LogP contribution >= 0.6 is 11.8 Å². The van der Waals surface area contributed by atoms with Crippen molar-refractivity contribution in [2.24, 2.45) is 5.92 Å². The van der Waals surface area contributed by atoms with E-state index in [0.717, 1.165) is 30.0 Å². The van der Waals surface area contributed by atoms with Gasteiger partial charge in [-0.2, -0.15) is 0 Å². The van der Waals surface area contributed by atoms with Crippen molar-refractivity contribution in [2.45, 2.75) is 11.3 Å². The smallest absolute Gasteiger partial charge is 0.240 e. The summed E-state index contributed by atoms with van der Waals surface area (Å²) >= 11 is 1.71. The van der Waals surface area contributed by atoms with Gasteiger partial charge in [-0.25, -0.2) is 19.7 Å². The van der Waals surface area contributed by atoms with Crippen LogP contribution in [-0.4, -0.2) is 43.1 Å². The normalized spacial score (nSPS) is 17.5. The third-order valence-electron chi connectivity index (χ3n) is 3.86. The summed E-state index contributed by atoms with van der Waals surface area (Å²) in [6, 6.07) is 8.21. The minimum atomic E-state index is 0.409. The van der Waals surface area contributed by atoms with Crippen molar-refractivity contribution >= 4 is 17.6 Å². The lowest BCUT2D eigenvalue weighted by molar-refractivity contribution is -0.323. The van der Waals surface area contributed by atoms with Crippen molar-refractivity contribution in [1.29, 1.82) is 0 Å². The molecule has 1 atom stereocenters. The topological polar surface area (TPSA) is 65.5 Å². The van der Waals surface area contributed by atoms with Gasteiger partial charge in [-0.15, -0.1) is 11.8 Å². The van der Waals surface area contributed by atoms with Gasteiger partial charge >= 0.3 is 0 Å². The fourth-order valence-corrected chi connectivity index (χ4v) is 2.87. The number of hydrogen-bond donors (Lipinski definition) is 1. The van der Waals surface area contributed by atoms with E-state index < -0.39 is 0 Å². The maximum absolute atomic E-state index is 5.36.